The Morgan fingerprint density at radius 3 is 2.54 bits per heavy atom. The molecule has 0 radical (unpaired) electrons. The summed E-state index contributed by atoms with van der Waals surface area (Å²) in [6.45, 7) is 9.15. The van der Waals surface area contributed by atoms with E-state index in [1.54, 1.807) is 19.1 Å². The molecule has 35 heavy (non-hydrogen) atoms. The smallest absolute Gasteiger partial charge is 0.261 e. The van der Waals surface area contributed by atoms with E-state index < -0.39 is 9.84 Å². The summed E-state index contributed by atoms with van der Waals surface area (Å²) in [6, 6.07) is 4.87. The van der Waals surface area contributed by atoms with Crippen LogP contribution in [-0.4, -0.2) is 42.4 Å². The van der Waals surface area contributed by atoms with Crippen molar-refractivity contribution >= 4 is 33.0 Å². The van der Waals surface area contributed by atoms with Crippen molar-refractivity contribution in [2.24, 2.45) is 17.8 Å². The summed E-state index contributed by atoms with van der Waals surface area (Å²) >= 11 is 1.41. The standard InChI is InChI=1S/C26H35N3O4S2/c1-5-35(32,33)20-11-10-19(27-14-20)13-28-25(30)22-12-21-24(34-22)23(16(2)3)29(26(21)31)15-18-8-6-17(4)7-9-18/h10-12,14,16-18,23H,5-9,13,15H2,1-4H3,(H,28,30)/t17?,18?,23-/m0/s1. The summed E-state index contributed by atoms with van der Waals surface area (Å²) in [5.74, 6) is 1.41. The van der Waals surface area contributed by atoms with Gasteiger partial charge in [0.1, 0.15) is 0 Å². The lowest BCUT2D eigenvalue weighted by Gasteiger charge is -2.34. The molecule has 0 bridgehead atoms. The molecule has 0 spiro atoms. The van der Waals surface area contributed by atoms with E-state index in [0.717, 1.165) is 17.3 Å². The van der Waals surface area contributed by atoms with Gasteiger partial charge in [0.15, 0.2) is 9.84 Å². The number of carbonyl (C=O) groups excluding carboxylic acids is 2. The Kier molecular flexibility index (Phi) is 7.66. The second kappa shape index (κ2) is 10.4. The topological polar surface area (TPSA) is 96.4 Å². The monoisotopic (exact) mass is 517 g/mol. The molecule has 1 saturated carbocycles. The molecule has 1 aliphatic carbocycles. The zero-order valence-corrected chi connectivity index (χ0v) is 22.5. The van der Waals surface area contributed by atoms with Crippen LogP contribution in [0.2, 0.25) is 0 Å². The lowest BCUT2D eigenvalue weighted by atomic mass is 9.82. The maximum absolute atomic E-state index is 13.3. The van der Waals surface area contributed by atoms with E-state index in [4.69, 9.17) is 0 Å². The van der Waals surface area contributed by atoms with Crippen molar-refractivity contribution in [2.75, 3.05) is 12.3 Å². The van der Waals surface area contributed by atoms with E-state index >= 15 is 0 Å². The zero-order chi connectivity index (χ0) is 25.3. The Morgan fingerprint density at radius 1 is 1.23 bits per heavy atom. The van der Waals surface area contributed by atoms with Crippen LogP contribution in [0.1, 0.15) is 90.0 Å². The van der Waals surface area contributed by atoms with Crippen molar-refractivity contribution in [1.29, 1.82) is 0 Å². The molecule has 7 nitrogen and oxygen atoms in total. The Hall–Kier alpha value is -2.26. The zero-order valence-electron chi connectivity index (χ0n) is 20.9. The Morgan fingerprint density at radius 2 is 1.94 bits per heavy atom. The highest BCUT2D eigenvalue weighted by atomic mass is 32.2. The molecule has 1 fully saturated rings. The van der Waals surface area contributed by atoms with Crippen molar-refractivity contribution in [2.45, 2.75) is 70.9 Å². The number of fused-ring (bicyclic) bond motifs is 1. The van der Waals surface area contributed by atoms with Crippen LogP contribution in [-0.2, 0) is 16.4 Å². The highest BCUT2D eigenvalue weighted by Gasteiger charge is 2.42. The van der Waals surface area contributed by atoms with Gasteiger partial charge >= 0.3 is 0 Å². The maximum atomic E-state index is 13.3. The molecule has 1 N–H and O–H groups in total. The first kappa shape index (κ1) is 25.8. The highest BCUT2D eigenvalue weighted by Crippen LogP contribution is 2.44. The summed E-state index contributed by atoms with van der Waals surface area (Å²) in [5.41, 5.74) is 1.23. The first-order valence-corrected chi connectivity index (χ1v) is 15.0. The second-order valence-electron chi connectivity index (χ2n) is 10.2. The molecule has 4 rings (SSSR count). The highest BCUT2D eigenvalue weighted by molar-refractivity contribution is 7.91. The van der Waals surface area contributed by atoms with Gasteiger partial charge in [0.25, 0.3) is 11.8 Å². The number of nitrogens with zero attached hydrogens (tertiary/aromatic N) is 2. The van der Waals surface area contributed by atoms with Crippen molar-refractivity contribution in [3.63, 3.8) is 0 Å². The largest absolute Gasteiger partial charge is 0.346 e. The van der Waals surface area contributed by atoms with E-state index in [2.05, 4.69) is 31.1 Å². The van der Waals surface area contributed by atoms with E-state index in [-0.39, 0.29) is 41.0 Å². The van der Waals surface area contributed by atoms with Crippen molar-refractivity contribution in [1.82, 2.24) is 15.2 Å². The van der Waals surface area contributed by atoms with E-state index in [1.165, 1.54) is 49.3 Å². The van der Waals surface area contributed by atoms with Crippen molar-refractivity contribution < 1.29 is 18.0 Å². The minimum Gasteiger partial charge on any atom is -0.346 e. The summed E-state index contributed by atoms with van der Waals surface area (Å²) < 4.78 is 23.9. The number of amides is 2. The fraction of sp³-hybridized carbons (Fsp3) is 0.577. The van der Waals surface area contributed by atoms with Gasteiger partial charge in [-0.1, -0.05) is 40.5 Å². The van der Waals surface area contributed by atoms with E-state index in [0.29, 0.717) is 22.1 Å². The number of thiophene rings is 1. The summed E-state index contributed by atoms with van der Waals surface area (Å²) in [6.07, 6.45) is 6.15. The SMILES string of the molecule is CCS(=O)(=O)c1ccc(CNC(=O)c2cc3c(s2)[C@H](C(C)C)N(CC2CCC(C)CC2)C3=O)nc1. The summed E-state index contributed by atoms with van der Waals surface area (Å²) in [5, 5.41) is 2.85. The number of pyridine rings is 1. The lowest BCUT2D eigenvalue weighted by molar-refractivity contribution is 0.0616. The molecule has 190 valence electrons. The van der Waals surface area contributed by atoms with Gasteiger partial charge in [-0.2, -0.15) is 0 Å². The number of nitrogens with one attached hydrogen (secondary N) is 1. The van der Waals surface area contributed by atoms with Gasteiger partial charge in [0, 0.05) is 17.6 Å². The van der Waals surface area contributed by atoms with Gasteiger partial charge in [-0.05, 0) is 48.8 Å². The molecule has 9 heteroatoms. The van der Waals surface area contributed by atoms with Crippen LogP contribution in [0.3, 0.4) is 0 Å². The number of carbonyl (C=O) groups is 2. The first-order valence-electron chi connectivity index (χ1n) is 12.5. The predicted molar refractivity (Wildman–Crippen MR) is 137 cm³/mol. The fourth-order valence-corrected chi connectivity index (χ4v) is 7.28. The molecule has 2 aromatic rings. The molecule has 0 aromatic carbocycles. The Labute approximate surface area is 212 Å². The maximum Gasteiger partial charge on any atom is 0.261 e. The minimum atomic E-state index is -3.31. The van der Waals surface area contributed by atoms with Crippen LogP contribution in [0, 0.1) is 17.8 Å². The van der Waals surface area contributed by atoms with Crippen LogP contribution in [0.4, 0.5) is 0 Å². The molecule has 1 aliphatic heterocycles. The molecule has 2 aromatic heterocycles. The van der Waals surface area contributed by atoms with Gasteiger partial charge in [-0.3, -0.25) is 14.6 Å². The van der Waals surface area contributed by atoms with Crippen LogP contribution >= 0.6 is 11.3 Å². The van der Waals surface area contributed by atoms with Crippen molar-refractivity contribution in [3.8, 4) is 0 Å². The van der Waals surface area contributed by atoms with Gasteiger partial charge < -0.3 is 10.2 Å². The van der Waals surface area contributed by atoms with Crippen LogP contribution in [0.25, 0.3) is 0 Å². The third kappa shape index (κ3) is 5.45. The summed E-state index contributed by atoms with van der Waals surface area (Å²) in [4.78, 5) is 34.1. The van der Waals surface area contributed by atoms with E-state index in [9.17, 15) is 18.0 Å². The fourth-order valence-electron chi connectivity index (χ4n) is 5.10. The average molecular weight is 518 g/mol. The van der Waals surface area contributed by atoms with Gasteiger partial charge in [0.2, 0.25) is 0 Å². The second-order valence-corrected chi connectivity index (χ2v) is 13.6. The number of hydrogen-bond acceptors (Lipinski definition) is 6. The number of hydrogen-bond donors (Lipinski definition) is 1. The molecule has 2 amide bonds. The van der Waals surface area contributed by atoms with Crippen LogP contribution in [0.15, 0.2) is 29.3 Å². The third-order valence-electron chi connectivity index (χ3n) is 7.27. The molecular formula is C26H35N3O4S2. The Balaban J connectivity index is 1.43. The number of aromatic nitrogens is 1. The number of rotatable bonds is 8. The van der Waals surface area contributed by atoms with Gasteiger partial charge in [-0.25, -0.2) is 8.42 Å². The van der Waals surface area contributed by atoms with Gasteiger partial charge in [0.05, 0.1) is 39.4 Å². The number of sulfone groups is 1. The average Bonchev–Trinajstić information content (AvgIpc) is 3.37. The predicted octanol–water partition coefficient (Wildman–Crippen LogP) is 4.85. The van der Waals surface area contributed by atoms with Gasteiger partial charge in [-0.15, -0.1) is 11.3 Å². The minimum absolute atomic E-state index is 0.0122. The summed E-state index contributed by atoms with van der Waals surface area (Å²) in [7, 11) is -3.31. The van der Waals surface area contributed by atoms with Crippen LogP contribution < -0.4 is 5.32 Å². The lowest BCUT2D eigenvalue weighted by Crippen LogP contribution is -2.36. The Bertz CT molecular complexity index is 1180. The van der Waals surface area contributed by atoms with E-state index in [1.807, 2.05) is 4.90 Å². The normalized spacial score (nSPS) is 22.5. The first-order chi connectivity index (χ1) is 16.6. The molecule has 0 unspecified atom stereocenters. The molecular weight excluding hydrogens is 482 g/mol. The molecule has 0 saturated heterocycles. The third-order valence-corrected chi connectivity index (χ3v) is 10.2. The van der Waals surface area contributed by atoms with Crippen molar-refractivity contribution in [3.05, 3.63) is 45.4 Å². The van der Waals surface area contributed by atoms with Crippen LogP contribution in [0.5, 0.6) is 0 Å². The molecule has 3 heterocycles. The quantitative estimate of drug-likeness (QED) is 0.540. The molecule has 1 atom stereocenters. The molecule has 2 aliphatic rings.